The molecular weight excluding hydrogens is 190 g/mol. The van der Waals surface area contributed by atoms with Gasteiger partial charge >= 0.3 is 5.97 Å². The molecule has 13 heavy (non-hydrogen) atoms. The molecule has 0 unspecified atom stereocenters. The van der Waals surface area contributed by atoms with Crippen LogP contribution in [0.2, 0.25) is 0 Å². The van der Waals surface area contributed by atoms with E-state index in [9.17, 15) is 9.59 Å². The van der Waals surface area contributed by atoms with Crippen LogP contribution in [0.15, 0.2) is 6.20 Å². The highest BCUT2D eigenvalue weighted by Crippen LogP contribution is 2.12. The molecule has 0 radical (unpaired) electrons. The van der Waals surface area contributed by atoms with Gasteiger partial charge in [-0.15, -0.1) is 11.3 Å². The number of thiazole rings is 1. The molecule has 1 rings (SSSR count). The summed E-state index contributed by atoms with van der Waals surface area (Å²) in [7, 11) is 0. The Labute approximate surface area is 79.6 Å². The number of hydrogen-bond acceptors (Lipinski definition) is 5. The molecule has 0 aliphatic rings. The molecule has 0 atom stereocenters. The van der Waals surface area contributed by atoms with E-state index in [0.29, 0.717) is 4.88 Å². The third kappa shape index (κ3) is 2.35. The number of ketones is 1. The van der Waals surface area contributed by atoms with E-state index in [0.717, 1.165) is 5.01 Å². The van der Waals surface area contributed by atoms with Gasteiger partial charge in [-0.3, -0.25) is 4.79 Å². The number of Topliss-reactive ketones (excluding diaryl/α,β-unsaturated/α-hetero) is 1. The van der Waals surface area contributed by atoms with Gasteiger partial charge in [0.05, 0.1) is 11.6 Å². The monoisotopic (exact) mass is 199 g/mol. The second-order valence-corrected chi connectivity index (χ2v) is 3.53. The summed E-state index contributed by atoms with van der Waals surface area (Å²) in [4.78, 5) is 26.4. The van der Waals surface area contributed by atoms with E-state index in [1.54, 1.807) is 13.8 Å². The van der Waals surface area contributed by atoms with E-state index in [2.05, 4.69) is 9.72 Å². The van der Waals surface area contributed by atoms with Crippen LogP contribution in [0.4, 0.5) is 0 Å². The Balaban J connectivity index is 2.73. The van der Waals surface area contributed by atoms with E-state index in [1.807, 2.05) is 0 Å². The molecule has 1 aromatic rings. The molecule has 0 spiro atoms. The van der Waals surface area contributed by atoms with Crippen molar-refractivity contribution in [2.24, 2.45) is 0 Å². The topological polar surface area (TPSA) is 56.3 Å². The number of ether oxygens (including phenoxy) is 1. The van der Waals surface area contributed by atoms with E-state index in [-0.39, 0.29) is 6.61 Å². The van der Waals surface area contributed by atoms with Crippen molar-refractivity contribution in [1.29, 1.82) is 0 Å². The molecule has 0 fully saturated rings. The maximum absolute atomic E-state index is 11.2. The lowest BCUT2D eigenvalue weighted by molar-refractivity contribution is -0.137. The molecule has 0 aliphatic heterocycles. The van der Waals surface area contributed by atoms with Crippen LogP contribution in [0.3, 0.4) is 0 Å². The van der Waals surface area contributed by atoms with Gasteiger partial charge in [-0.1, -0.05) is 0 Å². The zero-order chi connectivity index (χ0) is 9.84. The van der Waals surface area contributed by atoms with Gasteiger partial charge in [0.1, 0.15) is 4.88 Å². The molecule has 4 nitrogen and oxygen atoms in total. The molecule has 0 saturated carbocycles. The highest BCUT2D eigenvalue weighted by atomic mass is 32.1. The number of carbonyl (C=O) groups is 2. The third-order valence-electron chi connectivity index (χ3n) is 1.31. The molecule has 0 aromatic carbocycles. The van der Waals surface area contributed by atoms with Crippen LogP contribution in [0.1, 0.15) is 21.6 Å². The van der Waals surface area contributed by atoms with E-state index < -0.39 is 11.8 Å². The number of aromatic nitrogens is 1. The molecule has 0 saturated heterocycles. The van der Waals surface area contributed by atoms with Crippen LogP contribution < -0.4 is 0 Å². The van der Waals surface area contributed by atoms with E-state index in [1.165, 1.54) is 17.5 Å². The van der Waals surface area contributed by atoms with Crippen molar-refractivity contribution in [1.82, 2.24) is 4.98 Å². The summed E-state index contributed by atoms with van der Waals surface area (Å²) in [5.41, 5.74) is 0. The fourth-order valence-corrected chi connectivity index (χ4v) is 1.47. The van der Waals surface area contributed by atoms with Gasteiger partial charge in [-0.25, -0.2) is 9.78 Å². The van der Waals surface area contributed by atoms with Gasteiger partial charge in [-0.2, -0.15) is 0 Å². The van der Waals surface area contributed by atoms with Crippen LogP contribution in [-0.4, -0.2) is 23.3 Å². The van der Waals surface area contributed by atoms with Gasteiger partial charge in [0.25, 0.3) is 5.78 Å². The summed E-state index contributed by atoms with van der Waals surface area (Å²) < 4.78 is 4.56. The van der Waals surface area contributed by atoms with Crippen LogP contribution in [0.25, 0.3) is 0 Å². The minimum Gasteiger partial charge on any atom is -0.460 e. The Kier molecular flexibility index (Phi) is 3.13. The molecule has 0 aliphatic carbocycles. The van der Waals surface area contributed by atoms with E-state index in [4.69, 9.17) is 0 Å². The van der Waals surface area contributed by atoms with Crippen molar-refractivity contribution in [2.45, 2.75) is 13.8 Å². The SMILES string of the molecule is CCOC(=O)C(=O)c1cnc(C)s1. The maximum atomic E-state index is 11.2. The number of esters is 1. The summed E-state index contributed by atoms with van der Waals surface area (Å²) in [6.45, 7) is 3.64. The Morgan fingerprint density at radius 3 is 2.77 bits per heavy atom. The average Bonchev–Trinajstić information content (AvgIpc) is 2.51. The van der Waals surface area contributed by atoms with Crippen molar-refractivity contribution in [3.05, 3.63) is 16.1 Å². The van der Waals surface area contributed by atoms with Crippen LogP contribution in [0, 0.1) is 6.92 Å². The molecule has 0 amide bonds. The largest absolute Gasteiger partial charge is 0.460 e. The third-order valence-corrected chi connectivity index (χ3v) is 2.22. The van der Waals surface area contributed by atoms with Gasteiger partial charge < -0.3 is 4.74 Å². The Hall–Kier alpha value is -1.23. The van der Waals surface area contributed by atoms with Crippen LogP contribution in [0.5, 0.6) is 0 Å². The molecular formula is C8H9NO3S. The molecule has 0 bridgehead atoms. The molecule has 0 N–H and O–H groups in total. The second kappa shape index (κ2) is 4.13. The fraction of sp³-hybridized carbons (Fsp3) is 0.375. The number of rotatable bonds is 3. The summed E-state index contributed by atoms with van der Waals surface area (Å²) in [5, 5.41) is 0.757. The molecule has 5 heteroatoms. The lowest BCUT2D eigenvalue weighted by Gasteiger charge is -1.96. The van der Waals surface area contributed by atoms with Crippen molar-refractivity contribution < 1.29 is 14.3 Å². The predicted octanol–water partition coefficient (Wildman–Crippen LogP) is 1.20. The van der Waals surface area contributed by atoms with Crippen molar-refractivity contribution >= 4 is 23.1 Å². The van der Waals surface area contributed by atoms with Crippen molar-refractivity contribution in [2.75, 3.05) is 6.61 Å². The smallest absolute Gasteiger partial charge is 0.380 e. The predicted molar refractivity (Wildman–Crippen MR) is 47.8 cm³/mol. The quantitative estimate of drug-likeness (QED) is 0.417. The first-order chi connectivity index (χ1) is 6.15. The number of carbonyl (C=O) groups excluding carboxylic acids is 2. The number of aryl methyl sites for hydroxylation is 1. The van der Waals surface area contributed by atoms with Crippen LogP contribution in [-0.2, 0) is 9.53 Å². The van der Waals surface area contributed by atoms with Crippen molar-refractivity contribution in [3.63, 3.8) is 0 Å². The van der Waals surface area contributed by atoms with Gasteiger partial charge in [-0.05, 0) is 13.8 Å². The van der Waals surface area contributed by atoms with E-state index >= 15 is 0 Å². The molecule has 1 aromatic heterocycles. The second-order valence-electron chi connectivity index (χ2n) is 2.29. The first kappa shape index (κ1) is 9.85. The summed E-state index contributed by atoms with van der Waals surface area (Å²) in [6, 6.07) is 0. The summed E-state index contributed by atoms with van der Waals surface area (Å²) >= 11 is 1.19. The van der Waals surface area contributed by atoms with Crippen LogP contribution >= 0.6 is 11.3 Å². The maximum Gasteiger partial charge on any atom is 0.380 e. The normalized spacial score (nSPS) is 9.69. The summed E-state index contributed by atoms with van der Waals surface area (Å²) in [6.07, 6.45) is 1.39. The standard InChI is InChI=1S/C8H9NO3S/c1-3-12-8(11)7(10)6-4-9-5(2)13-6/h4H,3H2,1-2H3. The number of nitrogens with zero attached hydrogens (tertiary/aromatic N) is 1. The van der Waals surface area contributed by atoms with Gasteiger partial charge in [0, 0.05) is 6.20 Å². The average molecular weight is 199 g/mol. The van der Waals surface area contributed by atoms with Gasteiger partial charge in [0.15, 0.2) is 0 Å². The zero-order valence-electron chi connectivity index (χ0n) is 7.36. The fourth-order valence-electron chi connectivity index (χ4n) is 0.764. The lowest BCUT2D eigenvalue weighted by atomic mass is 10.3. The Bertz CT molecular complexity index is 332. The first-order valence-electron chi connectivity index (χ1n) is 3.79. The summed E-state index contributed by atoms with van der Waals surface area (Å²) in [5.74, 6) is -1.43. The first-order valence-corrected chi connectivity index (χ1v) is 4.60. The highest BCUT2D eigenvalue weighted by Gasteiger charge is 2.19. The lowest BCUT2D eigenvalue weighted by Crippen LogP contribution is -2.16. The highest BCUT2D eigenvalue weighted by molar-refractivity contribution is 7.14. The number of hydrogen-bond donors (Lipinski definition) is 0. The minimum atomic E-state index is -0.814. The molecule has 70 valence electrons. The minimum absolute atomic E-state index is 0.211. The Morgan fingerprint density at radius 2 is 2.31 bits per heavy atom. The molecule has 1 heterocycles. The van der Waals surface area contributed by atoms with Crippen molar-refractivity contribution in [3.8, 4) is 0 Å². The Morgan fingerprint density at radius 1 is 1.62 bits per heavy atom. The zero-order valence-corrected chi connectivity index (χ0v) is 8.18. The van der Waals surface area contributed by atoms with Gasteiger partial charge in [0.2, 0.25) is 0 Å².